The second kappa shape index (κ2) is 4.36. The van der Waals surface area contributed by atoms with Crippen LogP contribution in [0, 0.1) is 0 Å². The van der Waals surface area contributed by atoms with Gasteiger partial charge in [0.25, 0.3) is 0 Å². The van der Waals surface area contributed by atoms with Crippen LogP contribution in [0.4, 0.5) is 5.69 Å². The Hall–Kier alpha value is -2.32. The molecular weight excluding hydrogens is 262 g/mol. The third kappa shape index (κ3) is 1.62. The lowest BCUT2D eigenvalue weighted by atomic mass is 10.0. The summed E-state index contributed by atoms with van der Waals surface area (Å²) in [5.41, 5.74) is 9.31. The molecule has 0 unspecified atom stereocenters. The Morgan fingerprint density at radius 2 is 1.35 bits per heavy atom. The molecule has 2 heteroatoms. The highest BCUT2D eigenvalue weighted by Gasteiger charge is 2.10. The highest BCUT2D eigenvalue weighted by molar-refractivity contribution is 7.26. The van der Waals surface area contributed by atoms with Crippen LogP contribution in [0.1, 0.15) is 0 Å². The minimum absolute atomic E-state index is 0.831. The highest BCUT2D eigenvalue weighted by atomic mass is 32.1. The Morgan fingerprint density at radius 3 is 2.25 bits per heavy atom. The van der Waals surface area contributed by atoms with Gasteiger partial charge in [-0.25, -0.2) is 0 Å². The molecule has 0 aliphatic rings. The molecule has 0 aliphatic heterocycles. The Kier molecular flexibility index (Phi) is 2.51. The molecule has 0 fully saturated rings. The Morgan fingerprint density at radius 1 is 0.650 bits per heavy atom. The molecule has 0 bridgehead atoms. The molecule has 0 radical (unpaired) electrons. The minimum atomic E-state index is 0.831. The van der Waals surface area contributed by atoms with Gasteiger partial charge in [-0.15, -0.1) is 11.3 Å². The van der Waals surface area contributed by atoms with Crippen LogP contribution in [0.5, 0.6) is 0 Å². The smallest absolute Gasteiger partial charge is 0.0434 e. The Bertz CT molecular complexity index is 921. The first-order valence-corrected chi connectivity index (χ1v) is 7.41. The fraction of sp³-hybridized carbons (Fsp3) is 0. The largest absolute Gasteiger partial charge is 0.398 e. The fourth-order valence-corrected chi connectivity index (χ4v) is 3.93. The van der Waals surface area contributed by atoms with Crippen LogP contribution in [-0.4, -0.2) is 0 Å². The van der Waals surface area contributed by atoms with Gasteiger partial charge < -0.3 is 5.73 Å². The highest BCUT2D eigenvalue weighted by Crippen LogP contribution is 2.40. The van der Waals surface area contributed by atoms with Crippen molar-refractivity contribution in [3.63, 3.8) is 0 Å². The standard InChI is InChI=1S/C18H13NS/c19-16-10-3-1-6-12(16)14-8-5-9-15-13-7-2-4-11-17(13)20-18(14)15/h1-11H,19H2. The zero-order chi connectivity index (χ0) is 13.5. The van der Waals surface area contributed by atoms with E-state index in [1.165, 1.54) is 25.7 Å². The first kappa shape index (κ1) is 11.5. The third-order valence-electron chi connectivity index (χ3n) is 3.66. The molecule has 2 N–H and O–H groups in total. The van der Waals surface area contributed by atoms with Gasteiger partial charge in [0.1, 0.15) is 0 Å². The predicted octanol–water partition coefficient (Wildman–Crippen LogP) is 5.30. The lowest BCUT2D eigenvalue weighted by Crippen LogP contribution is -1.88. The van der Waals surface area contributed by atoms with Gasteiger partial charge in [-0.3, -0.25) is 0 Å². The zero-order valence-corrected chi connectivity index (χ0v) is 11.7. The minimum Gasteiger partial charge on any atom is -0.398 e. The van der Waals surface area contributed by atoms with E-state index >= 15 is 0 Å². The molecule has 0 aliphatic carbocycles. The van der Waals surface area contributed by atoms with E-state index in [4.69, 9.17) is 5.73 Å². The predicted molar refractivity (Wildman–Crippen MR) is 89.2 cm³/mol. The number of benzene rings is 3. The molecule has 1 heterocycles. The monoisotopic (exact) mass is 275 g/mol. The number of anilines is 1. The van der Waals surface area contributed by atoms with Gasteiger partial charge >= 0.3 is 0 Å². The van der Waals surface area contributed by atoms with Crippen molar-refractivity contribution in [1.29, 1.82) is 0 Å². The number of thiophene rings is 1. The summed E-state index contributed by atoms with van der Waals surface area (Å²) in [5, 5.41) is 2.63. The van der Waals surface area contributed by atoms with Crippen LogP contribution < -0.4 is 5.73 Å². The van der Waals surface area contributed by atoms with Crippen molar-refractivity contribution >= 4 is 37.2 Å². The fourth-order valence-electron chi connectivity index (χ4n) is 2.70. The van der Waals surface area contributed by atoms with Crippen LogP contribution in [-0.2, 0) is 0 Å². The van der Waals surface area contributed by atoms with Crippen LogP contribution >= 0.6 is 11.3 Å². The molecular formula is C18H13NS. The summed E-state index contributed by atoms with van der Waals surface area (Å²) < 4.78 is 2.64. The van der Waals surface area contributed by atoms with Crippen molar-refractivity contribution in [3.05, 3.63) is 66.7 Å². The number of hydrogen-bond donors (Lipinski definition) is 1. The molecule has 4 aromatic rings. The second-order valence-corrected chi connectivity index (χ2v) is 5.92. The molecule has 0 atom stereocenters. The first-order valence-electron chi connectivity index (χ1n) is 6.60. The Labute approximate surface area is 121 Å². The maximum absolute atomic E-state index is 6.14. The van der Waals surface area contributed by atoms with Crippen LogP contribution in [0.25, 0.3) is 31.3 Å². The van der Waals surface area contributed by atoms with Crippen molar-refractivity contribution < 1.29 is 0 Å². The van der Waals surface area contributed by atoms with Crippen molar-refractivity contribution in [1.82, 2.24) is 0 Å². The lowest BCUT2D eigenvalue weighted by molar-refractivity contribution is 1.65. The number of nitrogens with two attached hydrogens (primary N) is 1. The van der Waals surface area contributed by atoms with Crippen molar-refractivity contribution in [2.75, 3.05) is 5.73 Å². The van der Waals surface area contributed by atoms with Gasteiger partial charge in [0, 0.05) is 37.0 Å². The van der Waals surface area contributed by atoms with Crippen molar-refractivity contribution in [2.24, 2.45) is 0 Å². The van der Waals surface area contributed by atoms with Crippen LogP contribution in [0.2, 0.25) is 0 Å². The third-order valence-corrected chi connectivity index (χ3v) is 4.88. The van der Waals surface area contributed by atoms with E-state index in [-0.39, 0.29) is 0 Å². The van der Waals surface area contributed by atoms with Gasteiger partial charge in [-0.05, 0) is 12.1 Å². The summed E-state index contributed by atoms with van der Waals surface area (Å²) in [5.74, 6) is 0. The second-order valence-electron chi connectivity index (χ2n) is 4.87. The molecule has 0 spiro atoms. The van der Waals surface area contributed by atoms with E-state index in [0.717, 1.165) is 11.3 Å². The molecule has 1 nitrogen and oxygen atoms in total. The lowest BCUT2D eigenvalue weighted by Gasteiger charge is -2.06. The summed E-state index contributed by atoms with van der Waals surface area (Å²) in [7, 11) is 0. The summed E-state index contributed by atoms with van der Waals surface area (Å²) in [6, 6.07) is 23.1. The molecule has 0 saturated heterocycles. The molecule has 20 heavy (non-hydrogen) atoms. The van der Waals surface area contributed by atoms with Crippen LogP contribution in [0.15, 0.2) is 66.7 Å². The molecule has 4 rings (SSSR count). The summed E-state index contributed by atoms with van der Waals surface area (Å²) in [6.07, 6.45) is 0. The van der Waals surface area contributed by atoms with Gasteiger partial charge in [0.15, 0.2) is 0 Å². The van der Waals surface area contributed by atoms with Gasteiger partial charge in [-0.2, -0.15) is 0 Å². The van der Waals surface area contributed by atoms with Gasteiger partial charge in [-0.1, -0.05) is 54.6 Å². The normalized spacial score (nSPS) is 11.2. The summed E-state index contributed by atoms with van der Waals surface area (Å²) in [6.45, 7) is 0. The van der Waals surface area contributed by atoms with E-state index in [0.29, 0.717) is 0 Å². The Balaban J connectivity index is 2.13. The maximum atomic E-state index is 6.14. The zero-order valence-electron chi connectivity index (χ0n) is 10.8. The van der Waals surface area contributed by atoms with Gasteiger partial charge in [0.2, 0.25) is 0 Å². The SMILES string of the molecule is Nc1ccccc1-c1cccc2c1sc1ccccc12. The van der Waals surface area contributed by atoms with E-state index in [1.54, 1.807) is 0 Å². The average Bonchev–Trinajstić information content (AvgIpc) is 2.86. The number of hydrogen-bond acceptors (Lipinski definition) is 2. The average molecular weight is 275 g/mol. The summed E-state index contributed by atoms with van der Waals surface area (Å²) >= 11 is 1.84. The number of nitrogen functional groups attached to an aromatic ring is 1. The van der Waals surface area contributed by atoms with Crippen molar-refractivity contribution in [3.8, 4) is 11.1 Å². The topological polar surface area (TPSA) is 26.0 Å². The van der Waals surface area contributed by atoms with E-state index in [2.05, 4.69) is 48.5 Å². The first-order chi connectivity index (χ1) is 9.84. The number of fused-ring (bicyclic) bond motifs is 3. The number of rotatable bonds is 1. The van der Waals surface area contributed by atoms with Crippen molar-refractivity contribution in [2.45, 2.75) is 0 Å². The molecule has 96 valence electrons. The summed E-state index contributed by atoms with van der Waals surface area (Å²) in [4.78, 5) is 0. The molecule has 1 aromatic heterocycles. The van der Waals surface area contributed by atoms with E-state index in [9.17, 15) is 0 Å². The van der Waals surface area contributed by atoms with E-state index in [1.807, 2.05) is 29.5 Å². The van der Waals surface area contributed by atoms with Crippen LogP contribution in [0.3, 0.4) is 0 Å². The molecule has 0 amide bonds. The van der Waals surface area contributed by atoms with Gasteiger partial charge in [0.05, 0.1) is 0 Å². The molecule has 3 aromatic carbocycles. The quantitative estimate of drug-likeness (QED) is 0.468. The maximum Gasteiger partial charge on any atom is 0.0434 e. The molecule has 0 saturated carbocycles. The van der Waals surface area contributed by atoms with E-state index < -0.39 is 0 Å². The number of para-hydroxylation sites is 1.